The number of carbonyl (C=O) groups is 1. The fourth-order valence-electron chi connectivity index (χ4n) is 1.47. The van der Waals surface area contributed by atoms with E-state index < -0.39 is 0 Å². The van der Waals surface area contributed by atoms with E-state index in [0.717, 1.165) is 10.4 Å². The predicted octanol–water partition coefficient (Wildman–Crippen LogP) is 2.98. The van der Waals surface area contributed by atoms with Gasteiger partial charge in [0.15, 0.2) is 0 Å². The first-order valence-corrected chi connectivity index (χ1v) is 5.99. The number of aromatic nitrogens is 2. The Labute approximate surface area is 103 Å². The Bertz CT molecular complexity index is 517. The molecule has 84 valence electrons. The number of rotatable bonds is 2. The van der Waals surface area contributed by atoms with E-state index in [0.29, 0.717) is 15.6 Å². The Kier molecular flexibility index (Phi) is 2.86. The summed E-state index contributed by atoms with van der Waals surface area (Å²) in [7, 11) is 1.71. The SMILES string of the molecule is Cc1cc(C(=O)c2c(Cl)cnn2C)sc1C. The lowest BCUT2D eigenvalue weighted by atomic mass is 10.2. The molecule has 0 amide bonds. The van der Waals surface area contributed by atoms with Crippen molar-refractivity contribution in [3.63, 3.8) is 0 Å². The molecule has 2 heterocycles. The second-order valence-corrected chi connectivity index (χ2v) is 5.31. The molecular formula is C11H11ClN2OS. The van der Waals surface area contributed by atoms with E-state index in [1.54, 1.807) is 7.05 Å². The van der Waals surface area contributed by atoms with Crippen molar-refractivity contribution in [3.05, 3.63) is 38.3 Å². The Morgan fingerprint density at radius 2 is 2.19 bits per heavy atom. The maximum Gasteiger partial charge on any atom is 0.222 e. The van der Waals surface area contributed by atoms with Crippen LogP contribution in [0, 0.1) is 13.8 Å². The molecule has 2 aromatic rings. The van der Waals surface area contributed by atoms with E-state index in [1.807, 2.05) is 19.9 Å². The molecule has 0 bridgehead atoms. The summed E-state index contributed by atoms with van der Waals surface area (Å²) in [6.07, 6.45) is 1.49. The van der Waals surface area contributed by atoms with Crippen LogP contribution in [0.5, 0.6) is 0 Å². The number of nitrogens with zero attached hydrogens (tertiary/aromatic N) is 2. The molecular weight excluding hydrogens is 244 g/mol. The lowest BCUT2D eigenvalue weighted by Crippen LogP contribution is -2.07. The van der Waals surface area contributed by atoms with E-state index in [4.69, 9.17) is 11.6 Å². The van der Waals surface area contributed by atoms with Gasteiger partial charge in [0.25, 0.3) is 0 Å². The van der Waals surface area contributed by atoms with Gasteiger partial charge in [0.05, 0.1) is 16.1 Å². The minimum absolute atomic E-state index is 0.0637. The van der Waals surface area contributed by atoms with Crippen molar-refractivity contribution >= 4 is 28.7 Å². The van der Waals surface area contributed by atoms with Gasteiger partial charge in [0.2, 0.25) is 5.78 Å². The number of halogens is 1. The summed E-state index contributed by atoms with van der Waals surface area (Å²) in [5.74, 6) is -0.0637. The number of aryl methyl sites for hydroxylation is 3. The molecule has 2 rings (SSSR count). The van der Waals surface area contributed by atoms with Crippen LogP contribution in [0.2, 0.25) is 5.02 Å². The molecule has 0 saturated carbocycles. The van der Waals surface area contributed by atoms with Crippen LogP contribution in [0.3, 0.4) is 0 Å². The fraction of sp³-hybridized carbons (Fsp3) is 0.273. The zero-order valence-electron chi connectivity index (χ0n) is 9.24. The zero-order valence-corrected chi connectivity index (χ0v) is 10.8. The largest absolute Gasteiger partial charge is 0.286 e. The highest BCUT2D eigenvalue weighted by atomic mass is 35.5. The topological polar surface area (TPSA) is 34.9 Å². The molecule has 0 saturated heterocycles. The molecule has 16 heavy (non-hydrogen) atoms. The summed E-state index contributed by atoms with van der Waals surface area (Å²) in [6, 6.07) is 1.89. The summed E-state index contributed by atoms with van der Waals surface area (Å²) < 4.78 is 1.51. The average Bonchev–Trinajstić information content (AvgIpc) is 2.72. The van der Waals surface area contributed by atoms with Crippen molar-refractivity contribution in [1.82, 2.24) is 9.78 Å². The molecule has 0 N–H and O–H groups in total. The van der Waals surface area contributed by atoms with E-state index in [1.165, 1.54) is 22.2 Å². The average molecular weight is 255 g/mol. The molecule has 3 nitrogen and oxygen atoms in total. The van der Waals surface area contributed by atoms with Crippen LogP contribution in [-0.4, -0.2) is 15.6 Å². The predicted molar refractivity (Wildman–Crippen MR) is 65.4 cm³/mol. The Morgan fingerprint density at radius 3 is 2.62 bits per heavy atom. The van der Waals surface area contributed by atoms with Crippen molar-refractivity contribution in [2.75, 3.05) is 0 Å². The molecule has 0 spiro atoms. The lowest BCUT2D eigenvalue weighted by molar-refractivity contribution is 0.103. The molecule has 0 fully saturated rings. The summed E-state index contributed by atoms with van der Waals surface area (Å²) in [4.78, 5) is 14.0. The summed E-state index contributed by atoms with van der Waals surface area (Å²) in [5.41, 5.74) is 1.58. The summed E-state index contributed by atoms with van der Waals surface area (Å²) >= 11 is 7.43. The number of hydrogen-bond donors (Lipinski definition) is 0. The Hall–Kier alpha value is -1.13. The van der Waals surface area contributed by atoms with Gasteiger partial charge in [0, 0.05) is 11.9 Å². The van der Waals surface area contributed by atoms with E-state index >= 15 is 0 Å². The summed E-state index contributed by atoms with van der Waals surface area (Å²) in [6.45, 7) is 4.00. The van der Waals surface area contributed by atoms with Crippen molar-refractivity contribution < 1.29 is 4.79 Å². The number of carbonyl (C=O) groups excluding carboxylic acids is 1. The van der Waals surface area contributed by atoms with Gasteiger partial charge in [-0.3, -0.25) is 9.48 Å². The van der Waals surface area contributed by atoms with Crippen LogP contribution in [0.1, 0.15) is 25.8 Å². The zero-order chi connectivity index (χ0) is 11.9. The van der Waals surface area contributed by atoms with Crippen molar-refractivity contribution in [1.29, 1.82) is 0 Å². The maximum absolute atomic E-state index is 12.2. The van der Waals surface area contributed by atoms with Gasteiger partial charge >= 0.3 is 0 Å². The van der Waals surface area contributed by atoms with Gasteiger partial charge < -0.3 is 0 Å². The van der Waals surface area contributed by atoms with E-state index in [-0.39, 0.29) is 5.78 Å². The molecule has 0 aliphatic rings. The van der Waals surface area contributed by atoms with Crippen molar-refractivity contribution in [2.45, 2.75) is 13.8 Å². The van der Waals surface area contributed by atoms with E-state index in [9.17, 15) is 4.79 Å². The molecule has 2 aromatic heterocycles. The van der Waals surface area contributed by atoms with Crippen LogP contribution in [0.15, 0.2) is 12.3 Å². The molecule has 0 unspecified atom stereocenters. The first-order valence-electron chi connectivity index (χ1n) is 4.80. The van der Waals surface area contributed by atoms with Crippen molar-refractivity contribution in [3.8, 4) is 0 Å². The Morgan fingerprint density at radius 1 is 1.50 bits per heavy atom. The van der Waals surface area contributed by atoms with Gasteiger partial charge in [-0.15, -0.1) is 11.3 Å². The van der Waals surface area contributed by atoms with Crippen LogP contribution >= 0.6 is 22.9 Å². The van der Waals surface area contributed by atoms with Gasteiger partial charge in [0.1, 0.15) is 5.69 Å². The highest BCUT2D eigenvalue weighted by Crippen LogP contribution is 2.25. The molecule has 0 aliphatic carbocycles. The quantitative estimate of drug-likeness (QED) is 0.773. The first kappa shape index (κ1) is 11.4. The molecule has 0 aromatic carbocycles. The van der Waals surface area contributed by atoms with Crippen LogP contribution in [0.4, 0.5) is 0 Å². The van der Waals surface area contributed by atoms with Gasteiger partial charge in [-0.25, -0.2) is 0 Å². The van der Waals surface area contributed by atoms with Crippen LogP contribution < -0.4 is 0 Å². The molecule has 5 heteroatoms. The van der Waals surface area contributed by atoms with E-state index in [2.05, 4.69) is 5.10 Å². The lowest BCUT2D eigenvalue weighted by Gasteiger charge is -1.99. The smallest absolute Gasteiger partial charge is 0.222 e. The van der Waals surface area contributed by atoms with Crippen molar-refractivity contribution in [2.24, 2.45) is 7.05 Å². The van der Waals surface area contributed by atoms with Gasteiger partial charge in [-0.05, 0) is 25.5 Å². The van der Waals surface area contributed by atoms with Gasteiger partial charge in [-0.1, -0.05) is 11.6 Å². The molecule has 0 radical (unpaired) electrons. The molecule has 0 atom stereocenters. The number of hydrogen-bond acceptors (Lipinski definition) is 3. The van der Waals surface area contributed by atoms with Gasteiger partial charge in [-0.2, -0.15) is 5.10 Å². The minimum Gasteiger partial charge on any atom is -0.286 e. The molecule has 0 aliphatic heterocycles. The third-order valence-electron chi connectivity index (χ3n) is 2.50. The Balaban J connectivity index is 2.47. The number of ketones is 1. The second kappa shape index (κ2) is 4.03. The highest BCUT2D eigenvalue weighted by molar-refractivity contribution is 7.14. The standard InChI is InChI=1S/C11H11ClN2OS/c1-6-4-9(16-7(6)2)11(15)10-8(12)5-13-14(10)3/h4-5H,1-3H3. The third-order valence-corrected chi connectivity index (χ3v) is 3.93. The third kappa shape index (κ3) is 1.79. The van der Waals surface area contributed by atoms with Crippen LogP contribution in [-0.2, 0) is 7.05 Å². The first-order chi connectivity index (χ1) is 7.50. The van der Waals surface area contributed by atoms with Crippen LogP contribution in [0.25, 0.3) is 0 Å². The number of thiophene rings is 1. The maximum atomic E-state index is 12.2. The monoisotopic (exact) mass is 254 g/mol. The second-order valence-electron chi connectivity index (χ2n) is 3.64. The highest BCUT2D eigenvalue weighted by Gasteiger charge is 2.19. The summed E-state index contributed by atoms with van der Waals surface area (Å²) in [5, 5.41) is 4.36. The normalized spacial score (nSPS) is 10.8. The fourth-order valence-corrected chi connectivity index (χ4v) is 2.69. The minimum atomic E-state index is -0.0637.